The van der Waals surface area contributed by atoms with Gasteiger partial charge in [-0.15, -0.1) is 0 Å². The zero-order chi connectivity index (χ0) is 24.2. The minimum Gasteiger partial charge on any atom is -0.486 e. The summed E-state index contributed by atoms with van der Waals surface area (Å²) >= 11 is 0. The van der Waals surface area contributed by atoms with Crippen LogP contribution in [-0.2, 0) is 6.42 Å². The minimum atomic E-state index is -0.208. The number of nitrogens with zero attached hydrogens (tertiary/aromatic N) is 1. The first-order valence-electron chi connectivity index (χ1n) is 12.1. The molecule has 5 rings (SSSR count). The van der Waals surface area contributed by atoms with Crippen LogP contribution in [0.3, 0.4) is 0 Å². The van der Waals surface area contributed by atoms with Crippen LogP contribution in [0.1, 0.15) is 47.3 Å². The molecule has 0 saturated heterocycles. The van der Waals surface area contributed by atoms with Crippen molar-refractivity contribution in [2.24, 2.45) is 0 Å². The van der Waals surface area contributed by atoms with E-state index in [1.54, 1.807) is 29.2 Å². The quantitative estimate of drug-likeness (QED) is 0.540. The van der Waals surface area contributed by atoms with Crippen LogP contribution in [0.25, 0.3) is 0 Å². The van der Waals surface area contributed by atoms with Gasteiger partial charge in [0.05, 0.1) is 6.04 Å². The third kappa shape index (κ3) is 5.09. The van der Waals surface area contributed by atoms with E-state index >= 15 is 0 Å². The number of hydrogen-bond acceptors (Lipinski definition) is 4. The number of fused-ring (bicyclic) bond motifs is 2. The second-order valence-corrected chi connectivity index (χ2v) is 8.84. The van der Waals surface area contributed by atoms with Crippen LogP contribution in [0.5, 0.6) is 11.5 Å². The number of anilines is 2. The van der Waals surface area contributed by atoms with Gasteiger partial charge < -0.3 is 20.1 Å². The van der Waals surface area contributed by atoms with E-state index in [0.29, 0.717) is 36.8 Å². The SMILES string of the molecule is C[C@@H](NC(=O)c1ccc(NC(=O)N2CCCCc3ccccc32)cc1)c1ccc2c(c1)OCCO2. The van der Waals surface area contributed by atoms with Crippen molar-refractivity contribution in [2.75, 3.05) is 30.0 Å². The molecular weight excluding hydrogens is 442 g/mol. The van der Waals surface area contributed by atoms with Crippen molar-refractivity contribution in [2.45, 2.75) is 32.2 Å². The molecule has 35 heavy (non-hydrogen) atoms. The molecule has 0 radical (unpaired) electrons. The zero-order valence-corrected chi connectivity index (χ0v) is 19.8. The van der Waals surface area contributed by atoms with E-state index in [1.165, 1.54) is 5.56 Å². The Labute approximate surface area is 205 Å². The molecular formula is C28H29N3O4. The summed E-state index contributed by atoms with van der Waals surface area (Å²) in [6.07, 6.45) is 3.01. The lowest BCUT2D eigenvalue weighted by molar-refractivity contribution is 0.0939. The number of hydrogen-bond donors (Lipinski definition) is 2. The van der Waals surface area contributed by atoms with Crippen molar-refractivity contribution in [3.63, 3.8) is 0 Å². The molecule has 2 aliphatic rings. The number of benzene rings is 3. The van der Waals surface area contributed by atoms with E-state index in [4.69, 9.17) is 9.47 Å². The lowest BCUT2D eigenvalue weighted by Gasteiger charge is -2.23. The van der Waals surface area contributed by atoms with Crippen LogP contribution < -0.4 is 25.0 Å². The van der Waals surface area contributed by atoms with Crippen LogP contribution >= 0.6 is 0 Å². The number of carbonyl (C=O) groups is 2. The predicted molar refractivity (Wildman–Crippen MR) is 135 cm³/mol. The average molecular weight is 472 g/mol. The molecule has 7 heteroatoms. The molecule has 0 unspecified atom stereocenters. The van der Waals surface area contributed by atoms with Gasteiger partial charge in [-0.05, 0) is 79.8 Å². The maximum absolute atomic E-state index is 13.0. The average Bonchev–Trinajstić information content (AvgIpc) is 3.11. The summed E-state index contributed by atoms with van der Waals surface area (Å²) in [6.45, 7) is 3.67. The topological polar surface area (TPSA) is 79.9 Å². The second-order valence-electron chi connectivity index (χ2n) is 8.84. The van der Waals surface area contributed by atoms with Crippen molar-refractivity contribution in [3.8, 4) is 11.5 Å². The predicted octanol–water partition coefficient (Wildman–Crippen LogP) is 5.32. The van der Waals surface area contributed by atoms with Gasteiger partial charge in [-0.3, -0.25) is 9.69 Å². The summed E-state index contributed by atoms with van der Waals surface area (Å²) in [7, 11) is 0. The molecule has 3 aromatic carbocycles. The van der Waals surface area contributed by atoms with Gasteiger partial charge in [-0.25, -0.2) is 4.79 Å². The van der Waals surface area contributed by atoms with E-state index in [0.717, 1.165) is 36.3 Å². The Morgan fingerprint density at radius 3 is 2.51 bits per heavy atom. The molecule has 0 spiro atoms. The Kier molecular flexibility index (Phi) is 6.57. The summed E-state index contributed by atoms with van der Waals surface area (Å²) in [6, 6.07) is 20.3. The van der Waals surface area contributed by atoms with Crippen molar-refractivity contribution in [3.05, 3.63) is 83.4 Å². The fourth-order valence-electron chi connectivity index (χ4n) is 4.49. The third-order valence-electron chi connectivity index (χ3n) is 6.42. The second kappa shape index (κ2) is 10.1. The first-order valence-corrected chi connectivity index (χ1v) is 12.1. The van der Waals surface area contributed by atoms with Crippen LogP contribution in [0.15, 0.2) is 66.7 Å². The van der Waals surface area contributed by atoms with Gasteiger partial charge in [0.15, 0.2) is 11.5 Å². The van der Waals surface area contributed by atoms with E-state index < -0.39 is 0 Å². The summed E-state index contributed by atoms with van der Waals surface area (Å²) in [5.41, 5.74) is 4.26. The van der Waals surface area contributed by atoms with Gasteiger partial charge in [0, 0.05) is 23.5 Å². The van der Waals surface area contributed by atoms with E-state index in [1.807, 2.05) is 43.3 Å². The molecule has 7 nitrogen and oxygen atoms in total. The number of nitrogens with one attached hydrogen (secondary N) is 2. The van der Waals surface area contributed by atoms with Crippen molar-refractivity contribution in [1.29, 1.82) is 0 Å². The highest BCUT2D eigenvalue weighted by Crippen LogP contribution is 2.32. The molecule has 0 fully saturated rings. The summed E-state index contributed by atoms with van der Waals surface area (Å²) in [4.78, 5) is 27.6. The summed E-state index contributed by atoms with van der Waals surface area (Å²) in [5, 5.41) is 5.99. The highest BCUT2D eigenvalue weighted by Gasteiger charge is 2.21. The van der Waals surface area contributed by atoms with E-state index in [-0.39, 0.29) is 18.0 Å². The monoisotopic (exact) mass is 471 g/mol. The van der Waals surface area contributed by atoms with Crippen LogP contribution in [0.4, 0.5) is 16.2 Å². The molecule has 1 atom stereocenters. The third-order valence-corrected chi connectivity index (χ3v) is 6.42. The largest absolute Gasteiger partial charge is 0.486 e. The van der Waals surface area contributed by atoms with Gasteiger partial charge in [0.1, 0.15) is 13.2 Å². The molecule has 2 heterocycles. The molecule has 180 valence electrons. The van der Waals surface area contributed by atoms with Crippen molar-refractivity contribution in [1.82, 2.24) is 5.32 Å². The Hall–Kier alpha value is -4.00. The Morgan fingerprint density at radius 2 is 1.69 bits per heavy atom. The highest BCUT2D eigenvalue weighted by atomic mass is 16.6. The maximum Gasteiger partial charge on any atom is 0.326 e. The lowest BCUT2D eigenvalue weighted by Crippen LogP contribution is -2.35. The zero-order valence-electron chi connectivity index (χ0n) is 19.8. The van der Waals surface area contributed by atoms with Gasteiger partial charge >= 0.3 is 6.03 Å². The normalized spacial score (nSPS) is 15.4. The van der Waals surface area contributed by atoms with Crippen LogP contribution in [-0.4, -0.2) is 31.7 Å². The lowest BCUT2D eigenvalue weighted by atomic mass is 10.1. The fraction of sp³-hybridized carbons (Fsp3) is 0.286. The molecule has 2 N–H and O–H groups in total. The fourth-order valence-corrected chi connectivity index (χ4v) is 4.49. The van der Waals surface area contributed by atoms with Crippen molar-refractivity contribution < 1.29 is 19.1 Å². The first-order chi connectivity index (χ1) is 17.1. The minimum absolute atomic E-state index is 0.163. The number of aryl methyl sites for hydroxylation is 1. The number of para-hydroxylation sites is 1. The molecule has 0 bridgehead atoms. The number of amides is 3. The molecule has 3 amide bonds. The number of urea groups is 1. The Morgan fingerprint density at radius 1 is 0.914 bits per heavy atom. The van der Waals surface area contributed by atoms with Crippen molar-refractivity contribution >= 4 is 23.3 Å². The molecule has 0 aliphatic carbocycles. The number of rotatable bonds is 4. The van der Waals surface area contributed by atoms with Crippen LogP contribution in [0.2, 0.25) is 0 Å². The molecule has 0 aromatic heterocycles. The van der Waals surface area contributed by atoms with Gasteiger partial charge in [-0.2, -0.15) is 0 Å². The van der Waals surface area contributed by atoms with Gasteiger partial charge in [0.2, 0.25) is 0 Å². The standard InChI is InChI=1S/C28H29N3O4/c1-19(22-11-14-25-26(18-22)35-17-16-34-25)29-27(32)21-9-12-23(13-10-21)30-28(33)31-15-5-4-7-20-6-2-3-8-24(20)31/h2-3,6,8-14,18-19H,4-5,7,15-17H2,1H3,(H,29,32)(H,30,33)/t19-/m1/s1. The summed E-state index contributed by atoms with van der Waals surface area (Å²) in [5.74, 6) is 1.23. The molecule has 0 saturated carbocycles. The number of carbonyl (C=O) groups excluding carboxylic acids is 2. The van der Waals surface area contributed by atoms with E-state index in [2.05, 4.69) is 16.7 Å². The van der Waals surface area contributed by atoms with Crippen LogP contribution in [0, 0.1) is 0 Å². The molecule has 2 aliphatic heterocycles. The highest BCUT2D eigenvalue weighted by molar-refractivity contribution is 6.02. The first kappa shape index (κ1) is 22.8. The summed E-state index contributed by atoms with van der Waals surface area (Å²) < 4.78 is 11.2. The maximum atomic E-state index is 13.0. The van der Waals surface area contributed by atoms with Gasteiger partial charge in [0.25, 0.3) is 5.91 Å². The van der Waals surface area contributed by atoms with E-state index in [9.17, 15) is 9.59 Å². The molecule has 3 aromatic rings. The Bertz CT molecular complexity index is 1230. The van der Waals surface area contributed by atoms with Gasteiger partial charge in [-0.1, -0.05) is 24.3 Å². The smallest absolute Gasteiger partial charge is 0.326 e. The number of ether oxygens (including phenoxy) is 2. The Balaban J connectivity index is 1.22.